The van der Waals surface area contributed by atoms with Gasteiger partial charge >= 0.3 is 5.97 Å². The Bertz CT molecular complexity index is 241. The topological polar surface area (TPSA) is 46.5 Å². The summed E-state index contributed by atoms with van der Waals surface area (Å²) in [6, 6.07) is 0. The smallest absolute Gasteiger partial charge is 0.308 e. The lowest BCUT2D eigenvalue weighted by Crippen LogP contribution is -2.16. The number of aliphatic hydroxyl groups is 1. The summed E-state index contributed by atoms with van der Waals surface area (Å²) in [5, 5.41) is 9.53. The van der Waals surface area contributed by atoms with Gasteiger partial charge in [0.1, 0.15) is 0 Å². The van der Waals surface area contributed by atoms with Crippen molar-refractivity contribution in [3.05, 3.63) is 23.8 Å². The first kappa shape index (κ1) is 9.99. The van der Waals surface area contributed by atoms with Gasteiger partial charge in [-0.25, -0.2) is 0 Å². The molecule has 0 radical (unpaired) electrons. The first-order valence-electron chi connectivity index (χ1n) is 4.44. The normalized spacial score (nSPS) is 16.9. The molecule has 3 nitrogen and oxygen atoms in total. The molecule has 13 heavy (non-hydrogen) atoms. The molecule has 0 aromatic rings. The van der Waals surface area contributed by atoms with Crippen LogP contribution in [0.2, 0.25) is 0 Å². The van der Waals surface area contributed by atoms with E-state index in [9.17, 15) is 9.90 Å². The van der Waals surface area contributed by atoms with Crippen molar-refractivity contribution in [1.82, 2.24) is 0 Å². The Morgan fingerprint density at radius 3 is 3.08 bits per heavy atom. The van der Waals surface area contributed by atoms with Crippen LogP contribution in [0.25, 0.3) is 0 Å². The molecule has 0 amide bonds. The molecule has 1 aliphatic carbocycles. The van der Waals surface area contributed by atoms with Crippen LogP contribution in [0.15, 0.2) is 23.8 Å². The first-order chi connectivity index (χ1) is 6.24. The molecule has 0 fully saturated rings. The third-order valence-corrected chi connectivity index (χ3v) is 1.85. The predicted octanol–water partition coefficient (Wildman–Crippen LogP) is 1.19. The molecule has 0 spiro atoms. The second-order valence-corrected chi connectivity index (χ2v) is 2.87. The Labute approximate surface area is 77.7 Å². The maximum absolute atomic E-state index is 11.0. The van der Waals surface area contributed by atoms with E-state index < -0.39 is 6.10 Å². The summed E-state index contributed by atoms with van der Waals surface area (Å²) in [6.45, 7) is 2.11. The van der Waals surface area contributed by atoms with Crippen molar-refractivity contribution in [3.63, 3.8) is 0 Å². The molecule has 0 heterocycles. The van der Waals surface area contributed by atoms with Gasteiger partial charge in [0.05, 0.1) is 19.1 Å². The fourth-order valence-electron chi connectivity index (χ4n) is 1.22. The zero-order valence-electron chi connectivity index (χ0n) is 7.69. The van der Waals surface area contributed by atoms with Crippen molar-refractivity contribution in [2.24, 2.45) is 0 Å². The molecule has 0 saturated carbocycles. The zero-order valence-corrected chi connectivity index (χ0v) is 7.69. The molecular weight excluding hydrogens is 168 g/mol. The minimum atomic E-state index is -0.710. The molecule has 0 aromatic heterocycles. The minimum Gasteiger partial charge on any atom is -0.466 e. The molecule has 1 aliphatic rings. The first-order valence-corrected chi connectivity index (χ1v) is 4.44. The van der Waals surface area contributed by atoms with Gasteiger partial charge in [0.2, 0.25) is 0 Å². The summed E-state index contributed by atoms with van der Waals surface area (Å²) >= 11 is 0. The third kappa shape index (κ3) is 3.03. The van der Waals surface area contributed by atoms with E-state index in [0.29, 0.717) is 6.61 Å². The van der Waals surface area contributed by atoms with Crippen molar-refractivity contribution in [2.45, 2.75) is 25.9 Å². The SMILES string of the molecule is CCOC(=O)CC(O)C1=CCC=C1. The van der Waals surface area contributed by atoms with E-state index in [1.54, 1.807) is 6.92 Å². The number of hydrogen-bond donors (Lipinski definition) is 1. The van der Waals surface area contributed by atoms with E-state index in [1.807, 2.05) is 18.2 Å². The summed E-state index contributed by atoms with van der Waals surface area (Å²) in [5.41, 5.74) is 0.813. The van der Waals surface area contributed by atoms with E-state index in [2.05, 4.69) is 0 Å². The Hall–Kier alpha value is -1.09. The lowest BCUT2D eigenvalue weighted by Gasteiger charge is -2.09. The summed E-state index contributed by atoms with van der Waals surface area (Å²) < 4.78 is 4.72. The third-order valence-electron chi connectivity index (χ3n) is 1.85. The summed E-state index contributed by atoms with van der Waals surface area (Å²) in [6.07, 6.45) is 5.87. The van der Waals surface area contributed by atoms with Gasteiger partial charge < -0.3 is 9.84 Å². The molecule has 1 unspecified atom stereocenters. The highest BCUT2D eigenvalue weighted by atomic mass is 16.5. The maximum atomic E-state index is 11.0. The Kier molecular flexibility index (Phi) is 3.71. The zero-order chi connectivity index (χ0) is 9.68. The van der Waals surface area contributed by atoms with Gasteiger partial charge in [-0.2, -0.15) is 0 Å². The van der Waals surface area contributed by atoms with Crippen molar-refractivity contribution in [2.75, 3.05) is 6.61 Å². The number of ether oxygens (including phenoxy) is 1. The molecule has 0 saturated heterocycles. The predicted molar refractivity (Wildman–Crippen MR) is 49.1 cm³/mol. The monoisotopic (exact) mass is 182 g/mol. The molecular formula is C10H14O3. The molecule has 1 rings (SSSR count). The van der Waals surface area contributed by atoms with E-state index in [1.165, 1.54) is 0 Å². The molecule has 0 bridgehead atoms. The Morgan fingerprint density at radius 1 is 1.77 bits per heavy atom. The van der Waals surface area contributed by atoms with Crippen LogP contribution >= 0.6 is 0 Å². The molecule has 1 N–H and O–H groups in total. The minimum absolute atomic E-state index is 0.0456. The molecule has 3 heteroatoms. The highest BCUT2D eigenvalue weighted by Crippen LogP contribution is 2.15. The van der Waals surface area contributed by atoms with E-state index in [-0.39, 0.29) is 12.4 Å². The second-order valence-electron chi connectivity index (χ2n) is 2.87. The highest BCUT2D eigenvalue weighted by molar-refractivity contribution is 5.70. The Balaban J connectivity index is 2.36. The van der Waals surface area contributed by atoms with Crippen LogP contribution in [0.3, 0.4) is 0 Å². The molecule has 72 valence electrons. The summed E-state index contributed by atoms with van der Waals surface area (Å²) in [7, 11) is 0. The second kappa shape index (κ2) is 4.82. The fourth-order valence-corrected chi connectivity index (χ4v) is 1.22. The van der Waals surface area contributed by atoms with Crippen molar-refractivity contribution < 1.29 is 14.6 Å². The van der Waals surface area contributed by atoms with Crippen molar-refractivity contribution in [1.29, 1.82) is 0 Å². The summed E-state index contributed by atoms with van der Waals surface area (Å²) in [4.78, 5) is 11.0. The van der Waals surface area contributed by atoms with Gasteiger partial charge in [0.15, 0.2) is 0 Å². The van der Waals surface area contributed by atoms with Crippen LogP contribution in [0.5, 0.6) is 0 Å². The quantitative estimate of drug-likeness (QED) is 0.664. The van der Waals surface area contributed by atoms with E-state index in [4.69, 9.17) is 4.74 Å². The molecule has 0 aromatic carbocycles. The number of allylic oxidation sites excluding steroid dienone is 2. The van der Waals surface area contributed by atoms with E-state index in [0.717, 1.165) is 12.0 Å². The number of esters is 1. The van der Waals surface area contributed by atoms with Gasteiger partial charge in [0.25, 0.3) is 0 Å². The van der Waals surface area contributed by atoms with Gasteiger partial charge in [-0.1, -0.05) is 18.2 Å². The largest absolute Gasteiger partial charge is 0.466 e. The van der Waals surface area contributed by atoms with Crippen LogP contribution in [0, 0.1) is 0 Å². The van der Waals surface area contributed by atoms with Crippen molar-refractivity contribution in [3.8, 4) is 0 Å². The van der Waals surface area contributed by atoms with Gasteiger partial charge in [-0.05, 0) is 18.9 Å². The maximum Gasteiger partial charge on any atom is 0.308 e. The van der Waals surface area contributed by atoms with Crippen LogP contribution < -0.4 is 0 Å². The van der Waals surface area contributed by atoms with Crippen LogP contribution in [-0.4, -0.2) is 23.8 Å². The standard InChI is InChI=1S/C10H14O3/c1-2-13-10(12)7-9(11)8-5-3-4-6-8/h3,5-6,9,11H,2,4,7H2,1H3. The van der Waals surface area contributed by atoms with Gasteiger partial charge in [0, 0.05) is 0 Å². The average molecular weight is 182 g/mol. The number of carbonyl (C=O) groups is 1. The number of carbonyl (C=O) groups excluding carboxylic acids is 1. The lowest BCUT2D eigenvalue weighted by atomic mass is 10.1. The number of hydrogen-bond acceptors (Lipinski definition) is 3. The average Bonchev–Trinajstić information content (AvgIpc) is 2.55. The highest BCUT2D eigenvalue weighted by Gasteiger charge is 2.15. The Morgan fingerprint density at radius 2 is 2.54 bits per heavy atom. The molecule has 1 atom stereocenters. The lowest BCUT2D eigenvalue weighted by molar-refractivity contribution is -0.144. The van der Waals surface area contributed by atoms with Crippen LogP contribution in [-0.2, 0) is 9.53 Å². The van der Waals surface area contributed by atoms with E-state index >= 15 is 0 Å². The molecule has 0 aliphatic heterocycles. The van der Waals surface area contributed by atoms with Crippen LogP contribution in [0.1, 0.15) is 19.8 Å². The summed E-state index contributed by atoms with van der Waals surface area (Å²) in [5.74, 6) is -0.351. The number of rotatable bonds is 4. The van der Waals surface area contributed by atoms with Gasteiger partial charge in [-0.3, -0.25) is 4.79 Å². The fraction of sp³-hybridized carbons (Fsp3) is 0.500. The number of aliphatic hydroxyl groups excluding tert-OH is 1. The van der Waals surface area contributed by atoms with Gasteiger partial charge in [-0.15, -0.1) is 0 Å². The van der Waals surface area contributed by atoms with Crippen LogP contribution in [0.4, 0.5) is 0 Å². The van der Waals surface area contributed by atoms with Crippen molar-refractivity contribution >= 4 is 5.97 Å².